The first-order chi connectivity index (χ1) is 10.0. The van der Waals surface area contributed by atoms with E-state index in [9.17, 15) is 5.26 Å². The molecule has 21 heavy (non-hydrogen) atoms. The molecule has 0 aromatic heterocycles. The zero-order valence-corrected chi connectivity index (χ0v) is 13.8. The highest BCUT2D eigenvalue weighted by molar-refractivity contribution is 5.18. The molecular formula is C17H30N4. The Kier molecular flexibility index (Phi) is 4.27. The van der Waals surface area contributed by atoms with Crippen molar-refractivity contribution in [2.45, 2.75) is 70.1 Å². The molecule has 2 heterocycles. The number of rotatable bonds is 5. The van der Waals surface area contributed by atoms with Gasteiger partial charge in [0.25, 0.3) is 0 Å². The summed E-state index contributed by atoms with van der Waals surface area (Å²) in [6.07, 6.45) is 5.11. The maximum absolute atomic E-state index is 9.89. The monoisotopic (exact) mass is 290 g/mol. The Labute approximate surface area is 129 Å². The number of hydrogen-bond acceptors (Lipinski definition) is 4. The van der Waals surface area contributed by atoms with Crippen LogP contribution in [-0.4, -0.2) is 59.6 Å². The summed E-state index contributed by atoms with van der Waals surface area (Å²) in [7, 11) is 0. The van der Waals surface area contributed by atoms with Crippen LogP contribution in [0.2, 0.25) is 0 Å². The SMILES string of the molecule is CC(C)NC(C#N)(CN1CC2CCCN2CC1C)C1CC1. The Bertz CT molecular complexity index is 412. The van der Waals surface area contributed by atoms with Crippen LogP contribution in [0.1, 0.15) is 46.5 Å². The van der Waals surface area contributed by atoms with Gasteiger partial charge >= 0.3 is 0 Å². The van der Waals surface area contributed by atoms with Gasteiger partial charge in [-0.1, -0.05) is 0 Å². The Morgan fingerprint density at radius 2 is 2.05 bits per heavy atom. The van der Waals surface area contributed by atoms with E-state index in [2.05, 4.69) is 42.0 Å². The van der Waals surface area contributed by atoms with Gasteiger partial charge in [-0.25, -0.2) is 0 Å². The molecule has 3 rings (SSSR count). The minimum Gasteiger partial charge on any atom is -0.298 e. The summed E-state index contributed by atoms with van der Waals surface area (Å²) < 4.78 is 0. The fourth-order valence-electron chi connectivity index (χ4n) is 4.33. The number of nitrogens with zero attached hydrogens (tertiary/aromatic N) is 3. The Morgan fingerprint density at radius 1 is 1.29 bits per heavy atom. The van der Waals surface area contributed by atoms with Gasteiger partial charge in [-0.2, -0.15) is 5.26 Å². The highest BCUT2D eigenvalue weighted by atomic mass is 15.3. The van der Waals surface area contributed by atoms with Gasteiger partial charge in [0, 0.05) is 37.8 Å². The molecule has 1 N–H and O–H groups in total. The van der Waals surface area contributed by atoms with Crippen molar-refractivity contribution in [2.24, 2.45) is 5.92 Å². The van der Waals surface area contributed by atoms with Crippen LogP contribution in [0, 0.1) is 17.2 Å². The van der Waals surface area contributed by atoms with Crippen molar-refractivity contribution < 1.29 is 0 Å². The van der Waals surface area contributed by atoms with E-state index in [0.717, 1.165) is 19.1 Å². The molecule has 4 nitrogen and oxygen atoms in total. The molecule has 0 aromatic rings. The molecular weight excluding hydrogens is 260 g/mol. The molecule has 118 valence electrons. The van der Waals surface area contributed by atoms with Crippen molar-refractivity contribution in [2.75, 3.05) is 26.2 Å². The zero-order valence-electron chi connectivity index (χ0n) is 13.8. The van der Waals surface area contributed by atoms with Crippen LogP contribution in [0.3, 0.4) is 0 Å². The quantitative estimate of drug-likeness (QED) is 0.839. The summed E-state index contributed by atoms with van der Waals surface area (Å²) >= 11 is 0. The number of nitriles is 1. The molecule has 3 aliphatic rings. The van der Waals surface area contributed by atoms with E-state index in [1.165, 1.54) is 38.8 Å². The fraction of sp³-hybridized carbons (Fsp3) is 0.941. The van der Waals surface area contributed by atoms with Crippen LogP contribution in [0.4, 0.5) is 0 Å². The van der Waals surface area contributed by atoms with Crippen molar-refractivity contribution in [1.82, 2.24) is 15.1 Å². The minimum absolute atomic E-state index is 0.330. The molecule has 0 spiro atoms. The third-order valence-corrected chi connectivity index (χ3v) is 5.54. The highest BCUT2D eigenvalue weighted by Crippen LogP contribution is 2.41. The normalized spacial score (nSPS) is 33.7. The Balaban J connectivity index is 1.71. The standard InChI is InChI=1S/C17H30N4/c1-13(2)19-17(11-18,15-6-7-15)12-21-10-16-5-4-8-20(16)9-14(21)3/h13-16,19H,4-10,12H2,1-3H3. The van der Waals surface area contributed by atoms with Gasteiger partial charge in [0.15, 0.2) is 0 Å². The van der Waals surface area contributed by atoms with Crippen LogP contribution in [0.5, 0.6) is 0 Å². The third kappa shape index (κ3) is 3.11. The Morgan fingerprint density at radius 3 is 2.67 bits per heavy atom. The topological polar surface area (TPSA) is 42.3 Å². The predicted molar refractivity (Wildman–Crippen MR) is 85.0 cm³/mol. The minimum atomic E-state index is -0.330. The van der Waals surface area contributed by atoms with E-state index < -0.39 is 0 Å². The van der Waals surface area contributed by atoms with E-state index in [-0.39, 0.29) is 5.54 Å². The number of hydrogen-bond donors (Lipinski definition) is 1. The molecule has 3 fully saturated rings. The fourth-order valence-corrected chi connectivity index (χ4v) is 4.33. The van der Waals surface area contributed by atoms with Crippen molar-refractivity contribution in [1.29, 1.82) is 5.26 Å². The molecule has 3 atom stereocenters. The first-order valence-corrected chi connectivity index (χ1v) is 8.71. The van der Waals surface area contributed by atoms with E-state index in [0.29, 0.717) is 18.0 Å². The van der Waals surface area contributed by atoms with Crippen LogP contribution in [0.25, 0.3) is 0 Å². The average molecular weight is 290 g/mol. The van der Waals surface area contributed by atoms with Crippen LogP contribution >= 0.6 is 0 Å². The number of piperazine rings is 1. The first-order valence-electron chi connectivity index (χ1n) is 8.71. The summed E-state index contributed by atoms with van der Waals surface area (Å²) in [6.45, 7) is 11.2. The second-order valence-corrected chi connectivity index (χ2v) is 7.73. The van der Waals surface area contributed by atoms with Gasteiger partial charge in [0.1, 0.15) is 5.54 Å². The molecule has 3 unspecified atom stereocenters. The number of fused-ring (bicyclic) bond motifs is 1. The van der Waals surface area contributed by atoms with Crippen LogP contribution in [-0.2, 0) is 0 Å². The predicted octanol–water partition coefficient (Wildman–Crippen LogP) is 1.83. The molecule has 0 bridgehead atoms. The molecule has 4 heteroatoms. The number of nitrogens with one attached hydrogen (secondary N) is 1. The average Bonchev–Trinajstić information content (AvgIpc) is 3.19. The lowest BCUT2D eigenvalue weighted by Crippen LogP contribution is -2.63. The molecule has 2 saturated heterocycles. The second-order valence-electron chi connectivity index (χ2n) is 7.73. The highest BCUT2D eigenvalue weighted by Gasteiger charge is 2.48. The molecule has 0 amide bonds. The van der Waals surface area contributed by atoms with Gasteiger partial charge in [-0.05, 0) is 58.9 Å². The van der Waals surface area contributed by atoms with E-state index in [1.54, 1.807) is 0 Å². The third-order valence-electron chi connectivity index (χ3n) is 5.54. The molecule has 1 aliphatic carbocycles. The summed E-state index contributed by atoms with van der Waals surface area (Å²) in [5, 5.41) is 13.5. The largest absolute Gasteiger partial charge is 0.298 e. The van der Waals surface area contributed by atoms with Crippen molar-refractivity contribution in [3.63, 3.8) is 0 Å². The maximum Gasteiger partial charge on any atom is 0.122 e. The molecule has 0 aromatic carbocycles. The lowest BCUT2D eigenvalue weighted by atomic mass is 9.91. The maximum atomic E-state index is 9.89. The molecule has 0 radical (unpaired) electrons. The lowest BCUT2D eigenvalue weighted by Gasteiger charge is -2.45. The second kappa shape index (κ2) is 5.87. The van der Waals surface area contributed by atoms with E-state index in [4.69, 9.17) is 0 Å². The Hall–Kier alpha value is -0.630. The van der Waals surface area contributed by atoms with Gasteiger partial charge in [0.2, 0.25) is 0 Å². The van der Waals surface area contributed by atoms with Gasteiger partial charge in [0.05, 0.1) is 6.07 Å². The van der Waals surface area contributed by atoms with Crippen molar-refractivity contribution in [3.05, 3.63) is 0 Å². The summed E-state index contributed by atoms with van der Waals surface area (Å²) in [5.74, 6) is 0.554. The van der Waals surface area contributed by atoms with Crippen molar-refractivity contribution in [3.8, 4) is 6.07 Å². The van der Waals surface area contributed by atoms with Crippen molar-refractivity contribution >= 4 is 0 Å². The summed E-state index contributed by atoms with van der Waals surface area (Å²) in [6, 6.07) is 4.34. The zero-order chi connectivity index (χ0) is 15.0. The molecule has 1 saturated carbocycles. The molecule has 2 aliphatic heterocycles. The van der Waals surface area contributed by atoms with Gasteiger partial charge in [-0.15, -0.1) is 0 Å². The lowest BCUT2D eigenvalue weighted by molar-refractivity contribution is 0.0404. The summed E-state index contributed by atoms with van der Waals surface area (Å²) in [5.41, 5.74) is -0.330. The van der Waals surface area contributed by atoms with E-state index >= 15 is 0 Å². The van der Waals surface area contributed by atoms with Gasteiger partial charge < -0.3 is 0 Å². The summed E-state index contributed by atoms with van der Waals surface area (Å²) in [4.78, 5) is 5.24. The first kappa shape index (κ1) is 15.3. The van der Waals surface area contributed by atoms with E-state index in [1.807, 2.05) is 0 Å². The van der Waals surface area contributed by atoms with Crippen LogP contribution < -0.4 is 5.32 Å². The van der Waals surface area contributed by atoms with Crippen LogP contribution in [0.15, 0.2) is 0 Å². The van der Waals surface area contributed by atoms with Gasteiger partial charge in [-0.3, -0.25) is 15.1 Å². The smallest absolute Gasteiger partial charge is 0.122 e.